The number of alkyl halides is 3. The van der Waals surface area contributed by atoms with Crippen molar-refractivity contribution >= 4 is 11.8 Å². The minimum atomic E-state index is -4.64. The Morgan fingerprint density at radius 3 is 2.65 bits per heavy atom. The van der Waals surface area contributed by atoms with E-state index in [0.717, 1.165) is 6.07 Å². The van der Waals surface area contributed by atoms with Crippen LogP contribution in [0.25, 0.3) is 0 Å². The summed E-state index contributed by atoms with van der Waals surface area (Å²) in [5, 5.41) is 11.5. The van der Waals surface area contributed by atoms with E-state index in [1.54, 1.807) is 6.07 Å². The zero-order chi connectivity index (χ0) is 14.8. The van der Waals surface area contributed by atoms with Crippen LogP contribution in [-0.4, -0.2) is 16.1 Å². The minimum Gasteiger partial charge on any atom is -0.478 e. The first kappa shape index (κ1) is 13.9. The fourth-order valence-corrected chi connectivity index (χ4v) is 1.50. The fourth-order valence-electron chi connectivity index (χ4n) is 1.50. The molecule has 2 aromatic heterocycles. The van der Waals surface area contributed by atoms with Gasteiger partial charge in [-0.25, -0.2) is 9.78 Å². The monoisotopic (exact) mass is 286 g/mol. The molecule has 8 heteroatoms. The van der Waals surface area contributed by atoms with Crippen molar-refractivity contribution in [1.82, 2.24) is 4.98 Å². The lowest BCUT2D eigenvalue weighted by atomic mass is 10.2. The third-order valence-electron chi connectivity index (χ3n) is 2.46. The highest BCUT2D eigenvalue weighted by atomic mass is 19.4. The number of carboxylic acid groups (broad SMARTS) is 1. The molecule has 0 bridgehead atoms. The Balaban J connectivity index is 2.29. The highest BCUT2D eigenvalue weighted by Gasteiger charge is 2.33. The van der Waals surface area contributed by atoms with Crippen molar-refractivity contribution in [2.45, 2.75) is 12.7 Å². The highest BCUT2D eigenvalue weighted by molar-refractivity contribution is 5.93. The summed E-state index contributed by atoms with van der Waals surface area (Å²) in [4.78, 5) is 14.3. The second-order valence-electron chi connectivity index (χ2n) is 3.88. The van der Waals surface area contributed by atoms with Crippen molar-refractivity contribution in [2.24, 2.45) is 0 Å². The van der Waals surface area contributed by atoms with Crippen LogP contribution in [0.1, 0.15) is 21.6 Å². The van der Waals surface area contributed by atoms with Crippen molar-refractivity contribution < 1.29 is 27.5 Å². The van der Waals surface area contributed by atoms with Crippen LogP contribution in [-0.2, 0) is 12.7 Å². The first-order valence-corrected chi connectivity index (χ1v) is 5.44. The molecule has 5 nitrogen and oxygen atoms in total. The summed E-state index contributed by atoms with van der Waals surface area (Å²) in [5.41, 5.74) is -0.834. The van der Waals surface area contributed by atoms with Gasteiger partial charge in [-0.3, -0.25) is 0 Å². The number of pyridine rings is 1. The van der Waals surface area contributed by atoms with E-state index in [2.05, 4.69) is 10.3 Å². The van der Waals surface area contributed by atoms with Crippen molar-refractivity contribution in [2.75, 3.05) is 5.32 Å². The summed E-state index contributed by atoms with van der Waals surface area (Å²) in [5.74, 6) is -1.70. The molecule has 0 aliphatic heterocycles. The predicted octanol–water partition coefficient (Wildman–Crippen LogP) is 3.00. The van der Waals surface area contributed by atoms with Gasteiger partial charge < -0.3 is 14.8 Å². The van der Waals surface area contributed by atoms with E-state index in [1.165, 1.54) is 12.5 Å². The van der Waals surface area contributed by atoms with Crippen molar-refractivity contribution in [3.05, 3.63) is 47.5 Å². The second-order valence-corrected chi connectivity index (χ2v) is 3.88. The smallest absolute Gasteiger partial charge is 0.433 e. The van der Waals surface area contributed by atoms with Crippen molar-refractivity contribution in [1.29, 1.82) is 0 Å². The number of nitrogens with one attached hydrogen (secondary N) is 1. The molecule has 0 aromatic carbocycles. The average molecular weight is 286 g/mol. The lowest BCUT2D eigenvalue weighted by Gasteiger charge is -2.11. The molecule has 0 aliphatic rings. The molecule has 0 spiro atoms. The Morgan fingerprint density at radius 1 is 1.35 bits per heavy atom. The number of aromatic nitrogens is 1. The first-order valence-electron chi connectivity index (χ1n) is 5.44. The van der Waals surface area contributed by atoms with Crippen molar-refractivity contribution in [3.8, 4) is 0 Å². The minimum absolute atomic E-state index is 0.102. The van der Waals surface area contributed by atoms with Gasteiger partial charge in [0.25, 0.3) is 0 Å². The molecule has 0 saturated carbocycles. The van der Waals surface area contributed by atoms with Crippen LogP contribution < -0.4 is 5.32 Å². The Bertz CT molecular complexity index is 609. The van der Waals surface area contributed by atoms with Gasteiger partial charge in [0, 0.05) is 12.1 Å². The molecule has 2 N–H and O–H groups in total. The normalized spacial score (nSPS) is 11.3. The second kappa shape index (κ2) is 5.24. The summed E-state index contributed by atoms with van der Waals surface area (Å²) in [6, 6.07) is 3.10. The lowest BCUT2D eigenvalue weighted by Crippen LogP contribution is -2.14. The fraction of sp³-hybridized carbons (Fsp3) is 0.167. The molecule has 2 rings (SSSR count). The van der Waals surface area contributed by atoms with Gasteiger partial charge in [-0.15, -0.1) is 0 Å². The van der Waals surface area contributed by atoms with Gasteiger partial charge in [-0.2, -0.15) is 13.2 Å². The summed E-state index contributed by atoms with van der Waals surface area (Å²) in [7, 11) is 0. The number of aromatic carboxylic acids is 1. The van der Waals surface area contributed by atoms with Crippen LogP contribution in [0.4, 0.5) is 19.0 Å². The molecule has 0 atom stereocenters. The van der Waals surface area contributed by atoms with Crippen LogP contribution in [0.2, 0.25) is 0 Å². The third-order valence-corrected chi connectivity index (χ3v) is 2.46. The van der Waals surface area contributed by atoms with Gasteiger partial charge in [-0.1, -0.05) is 0 Å². The molecule has 20 heavy (non-hydrogen) atoms. The van der Waals surface area contributed by atoms with Crippen LogP contribution in [0, 0.1) is 0 Å². The summed E-state index contributed by atoms with van der Waals surface area (Å²) in [6.45, 7) is 0.102. The third kappa shape index (κ3) is 3.08. The van der Waals surface area contributed by atoms with E-state index in [9.17, 15) is 18.0 Å². The van der Waals surface area contributed by atoms with Crippen LogP contribution in [0.5, 0.6) is 0 Å². The molecule has 0 fully saturated rings. The molecular formula is C12H9F3N2O3. The number of rotatable bonds is 4. The number of carboxylic acids is 1. The number of halogens is 3. The van der Waals surface area contributed by atoms with Gasteiger partial charge in [0.05, 0.1) is 12.5 Å². The largest absolute Gasteiger partial charge is 0.478 e. The van der Waals surface area contributed by atoms with E-state index in [0.29, 0.717) is 11.6 Å². The van der Waals surface area contributed by atoms with Gasteiger partial charge >= 0.3 is 12.1 Å². The van der Waals surface area contributed by atoms with Gasteiger partial charge in [0.2, 0.25) is 0 Å². The highest BCUT2D eigenvalue weighted by Crippen LogP contribution is 2.29. The molecule has 0 radical (unpaired) electrons. The molecule has 0 amide bonds. The molecule has 2 heterocycles. The van der Waals surface area contributed by atoms with E-state index < -0.39 is 17.8 Å². The number of furan rings is 1. The zero-order valence-electron chi connectivity index (χ0n) is 9.94. The van der Waals surface area contributed by atoms with Gasteiger partial charge in [0.15, 0.2) is 0 Å². The molecule has 106 valence electrons. The maximum atomic E-state index is 12.6. The Hall–Kier alpha value is -2.51. The summed E-state index contributed by atoms with van der Waals surface area (Å²) < 4.78 is 42.5. The van der Waals surface area contributed by atoms with E-state index in [-0.39, 0.29) is 17.9 Å². The summed E-state index contributed by atoms with van der Waals surface area (Å²) >= 11 is 0. The SMILES string of the molecule is O=C(O)c1ccc(C(F)(F)F)nc1NCc1ccoc1. The number of nitrogens with zero attached hydrogens (tertiary/aromatic N) is 1. The van der Waals surface area contributed by atoms with E-state index in [4.69, 9.17) is 9.52 Å². The maximum absolute atomic E-state index is 12.6. The standard InChI is InChI=1S/C12H9F3N2O3/c13-12(14,15)9-2-1-8(11(18)19)10(17-9)16-5-7-3-4-20-6-7/h1-4,6H,5H2,(H,16,17)(H,18,19). The number of anilines is 1. The first-order chi connectivity index (χ1) is 9.38. The van der Waals surface area contributed by atoms with E-state index in [1.807, 2.05) is 0 Å². The maximum Gasteiger partial charge on any atom is 0.433 e. The van der Waals surface area contributed by atoms with Gasteiger partial charge in [-0.05, 0) is 18.2 Å². The number of carbonyl (C=O) groups is 1. The molecule has 0 unspecified atom stereocenters. The van der Waals surface area contributed by atoms with E-state index >= 15 is 0 Å². The lowest BCUT2D eigenvalue weighted by molar-refractivity contribution is -0.141. The quantitative estimate of drug-likeness (QED) is 0.903. The molecular weight excluding hydrogens is 277 g/mol. The molecule has 0 saturated heterocycles. The Labute approximate surface area is 111 Å². The van der Waals surface area contributed by atoms with Crippen LogP contribution >= 0.6 is 0 Å². The van der Waals surface area contributed by atoms with Gasteiger partial charge in [0.1, 0.15) is 17.1 Å². The number of hydrogen-bond acceptors (Lipinski definition) is 4. The topological polar surface area (TPSA) is 75.4 Å². The Kier molecular flexibility index (Phi) is 3.64. The van der Waals surface area contributed by atoms with Crippen LogP contribution in [0.15, 0.2) is 35.1 Å². The van der Waals surface area contributed by atoms with Crippen molar-refractivity contribution in [3.63, 3.8) is 0 Å². The average Bonchev–Trinajstić information content (AvgIpc) is 2.87. The molecule has 0 aliphatic carbocycles. The zero-order valence-corrected chi connectivity index (χ0v) is 9.94. The molecule has 2 aromatic rings. The Morgan fingerprint density at radius 2 is 2.10 bits per heavy atom. The van der Waals surface area contributed by atoms with Crippen LogP contribution in [0.3, 0.4) is 0 Å². The number of hydrogen-bond donors (Lipinski definition) is 2. The predicted molar refractivity (Wildman–Crippen MR) is 62.2 cm³/mol. The summed E-state index contributed by atoms with van der Waals surface area (Å²) in [6.07, 6.45) is -1.85.